The van der Waals surface area contributed by atoms with Crippen LogP contribution in [-0.4, -0.2) is 18.4 Å². The number of nitrogens with one attached hydrogen (secondary N) is 2. The van der Waals surface area contributed by atoms with E-state index in [4.69, 9.17) is 0 Å². The average molecular weight is 352 g/mol. The van der Waals surface area contributed by atoms with Gasteiger partial charge in [0, 0.05) is 23.4 Å². The summed E-state index contributed by atoms with van der Waals surface area (Å²) in [5, 5.41) is 5.90. The minimum absolute atomic E-state index is 0.107. The maximum atomic E-state index is 12.6. The Balaban J connectivity index is 2.04. The summed E-state index contributed by atoms with van der Waals surface area (Å²) in [6.45, 7) is 8.96. The second-order valence-electron chi connectivity index (χ2n) is 6.93. The van der Waals surface area contributed by atoms with Gasteiger partial charge in [0.2, 0.25) is 0 Å². The predicted molar refractivity (Wildman–Crippen MR) is 107 cm³/mol. The molecule has 0 aromatic heterocycles. The van der Waals surface area contributed by atoms with Crippen molar-refractivity contribution < 1.29 is 9.59 Å². The highest BCUT2D eigenvalue weighted by molar-refractivity contribution is 6.05. The van der Waals surface area contributed by atoms with Crippen molar-refractivity contribution in [1.82, 2.24) is 5.32 Å². The molecule has 4 nitrogen and oxygen atoms in total. The largest absolute Gasteiger partial charge is 0.352 e. The first-order chi connectivity index (χ1) is 12.4. The van der Waals surface area contributed by atoms with E-state index >= 15 is 0 Å². The standard InChI is InChI=1S/C22H28N2O2/c1-5-17-8-6-7-16(4)20(17)24-22(26)19-11-9-18(10-12-19)21(25)23-14-13-15(2)3/h6-12,15H,5,13-14H2,1-4H3,(H,23,25)(H,24,26). The molecule has 0 saturated heterocycles. The third-order valence-electron chi connectivity index (χ3n) is 4.40. The Hall–Kier alpha value is -2.62. The van der Waals surface area contributed by atoms with Gasteiger partial charge in [0.25, 0.3) is 11.8 Å². The number of carbonyl (C=O) groups is 2. The van der Waals surface area contributed by atoms with Gasteiger partial charge in [-0.1, -0.05) is 39.0 Å². The molecule has 2 N–H and O–H groups in total. The number of rotatable bonds is 7. The van der Waals surface area contributed by atoms with Crippen molar-refractivity contribution in [2.24, 2.45) is 5.92 Å². The third kappa shape index (κ3) is 5.19. The Morgan fingerprint density at radius 1 is 0.962 bits per heavy atom. The van der Waals surface area contributed by atoms with Gasteiger partial charge in [-0.2, -0.15) is 0 Å². The lowest BCUT2D eigenvalue weighted by Gasteiger charge is -2.13. The van der Waals surface area contributed by atoms with Crippen molar-refractivity contribution in [2.75, 3.05) is 11.9 Å². The first-order valence-corrected chi connectivity index (χ1v) is 9.20. The lowest BCUT2D eigenvalue weighted by molar-refractivity contribution is 0.0950. The highest BCUT2D eigenvalue weighted by Crippen LogP contribution is 2.22. The van der Waals surface area contributed by atoms with Crippen LogP contribution in [0.4, 0.5) is 5.69 Å². The van der Waals surface area contributed by atoms with Crippen LogP contribution in [0.5, 0.6) is 0 Å². The van der Waals surface area contributed by atoms with E-state index in [-0.39, 0.29) is 11.8 Å². The molecule has 2 aromatic rings. The molecule has 2 rings (SSSR count). The van der Waals surface area contributed by atoms with Gasteiger partial charge in [0.05, 0.1) is 0 Å². The topological polar surface area (TPSA) is 58.2 Å². The molecule has 26 heavy (non-hydrogen) atoms. The van der Waals surface area contributed by atoms with E-state index in [1.165, 1.54) is 0 Å². The van der Waals surface area contributed by atoms with Gasteiger partial charge in [-0.3, -0.25) is 9.59 Å². The molecule has 2 amide bonds. The summed E-state index contributed by atoms with van der Waals surface area (Å²) in [5.74, 6) is 0.279. The van der Waals surface area contributed by atoms with Crippen LogP contribution in [0.1, 0.15) is 59.0 Å². The second-order valence-corrected chi connectivity index (χ2v) is 6.93. The molecule has 0 bridgehead atoms. The zero-order chi connectivity index (χ0) is 19.1. The highest BCUT2D eigenvalue weighted by Gasteiger charge is 2.12. The predicted octanol–water partition coefficient (Wildman–Crippen LogP) is 4.59. The lowest BCUT2D eigenvalue weighted by Crippen LogP contribution is -2.25. The molecule has 0 saturated carbocycles. The van der Waals surface area contributed by atoms with Gasteiger partial charge in [0.1, 0.15) is 0 Å². The molecular weight excluding hydrogens is 324 g/mol. The zero-order valence-electron chi connectivity index (χ0n) is 16.1. The van der Waals surface area contributed by atoms with Crippen molar-refractivity contribution in [1.29, 1.82) is 0 Å². The average Bonchev–Trinajstić information content (AvgIpc) is 2.63. The van der Waals surface area contributed by atoms with Gasteiger partial charge >= 0.3 is 0 Å². The summed E-state index contributed by atoms with van der Waals surface area (Å²) in [5.41, 5.74) is 4.12. The van der Waals surface area contributed by atoms with E-state index in [2.05, 4.69) is 31.4 Å². The molecule has 0 spiro atoms. The number of amides is 2. The molecular formula is C22H28N2O2. The fourth-order valence-corrected chi connectivity index (χ4v) is 2.74. The van der Waals surface area contributed by atoms with Crippen LogP contribution >= 0.6 is 0 Å². The van der Waals surface area contributed by atoms with Crippen molar-refractivity contribution in [3.63, 3.8) is 0 Å². The van der Waals surface area contributed by atoms with E-state index in [1.54, 1.807) is 24.3 Å². The van der Waals surface area contributed by atoms with E-state index in [0.717, 1.165) is 29.7 Å². The first kappa shape index (κ1) is 19.7. The SMILES string of the molecule is CCc1cccc(C)c1NC(=O)c1ccc(C(=O)NCCC(C)C)cc1. The third-order valence-corrected chi connectivity index (χ3v) is 4.40. The zero-order valence-corrected chi connectivity index (χ0v) is 16.1. The van der Waals surface area contributed by atoms with Crippen LogP contribution in [-0.2, 0) is 6.42 Å². The number of benzene rings is 2. The molecule has 2 aromatic carbocycles. The molecule has 0 aliphatic heterocycles. The number of hydrogen-bond donors (Lipinski definition) is 2. The van der Waals surface area contributed by atoms with E-state index in [1.807, 2.05) is 25.1 Å². The van der Waals surface area contributed by atoms with Gasteiger partial charge < -0.3 is 10.6 Å². The molecule has 0 aliphatic carbocycles. The number of anilines is 1. The summed E-state index contributed by atoms with van der Waals surface area (Å²) in [6.07, 6.45) is 1.80. The fourth-order valence-electron chi connectivity index (χ4n) is 2.74. The minimum Gasteiger partial charge on any atom is -0.352 e. The van der Waals surface area contributed by atoms with Crippen LogP contribution in [0, 0.1) is 12.8 Å². The van der Waals surface area contributed by atoms with Gasteiger partial charge in [0.15, 0.2) is 0 Å². The minimum atomic E-state index is -0.166. The molecule has 0 aliphatic rings. The van der Waals surface area contributed by atoms with E-state index in [0.29, 0.717) is 23.6 Å². The summed E-state index contributed by atoms with van der Waals surface area (Å²) in [4.78, 5) is 24.7. The molecule has 4 heteroatoms. The smallest absolute Gasteiger partial charge is 0.255 e. The Bertz CT molecular complexity index is 764. The maximum Gasteiger partial charge on any atom is 0.255 e. The monoisotopic (exact) mass is 352 g/mol. The Kier molecular flexibility index (Phi) is 6.96. The van der Waals surface area contributed by atoms with Gasteiger partial charge in [-0.05, 0) is 61.1 Å². The lowest BCUT2D eigenvalue weighted by atomic mass is 10.0. The Labute approximate surface area is 156 Å². The normalized spacial score (nSPS) is 10.7. The van der Waals surface area contributed by atoms with E-state index < -0.39 is 0 Å². The van der Waals surface area contributed by atoms with Gasteiger partial charge in [-0.25, -0.2) is 0 Å². The van der Waals surface area contributed by atoms with Crippen molar-refractivity contribution in [3.8, 4) is 0 Å². The van der Waals surface area contributed by atoms with Crippen LogP contribution in [0.3, 0.4) is 0 Å². The number of hydrogen-bond acceptors (Lipinski definition) is 2. The number of aryl methyl sites for hydroxylation is 2. The summed E-state index contributed by atoms with van der Waals surface area (Å²) >= 11 is 0. The Morgan fingerprint density at radius 3 is 2.15 bits per heavy atom. The second kappa shape index (κ2) is 9.18. The molecule has 0 fully saturated rings. The van der Waals surface area contributed by atoms with Crippen LogP contribution in [0.25, 0.3) is 0 Å². The highest BCUT2D eigenvalue weighted by atomic mass is 16.2. The summed E-state index contributed by atoms with van der Waals surface area (Å²) < 4.78 is 0. The van der Waals surface area contributed by atoms with E-state index in [9.17, 15) is 9.59 Å². The van der Waals surface area contributed by atoms with Crippen molar-refractivity contribution in [3.05, 3.63) is 64.7 Å². The summed E-state index contributed by atoms with van der Waals surface area (Å²) in [6, 6.07) is 12.8. The van der Waals surface area contributed by atoms with Crippen LogP contribution in [0.2, 0.25) is 0 Å². The first-order valence-electron chi connectivity index (χ1n) is 9.20. The fraction of sp³-hybridized carbons (Fsp3) is 0.364. The van der Waals surface area contributed by atoms with Crippen LogP contribution in [0.15, 0.2) is 42.5 Å². The molecule has 0 heterocycles. The summed E-state index contributed by atoms with van der Waals surface area (Å²) in [7, 11) is 0. The quantitative estimate of drug-likeness (QED) is 0.766. The molecule has 0 atom stereocenters. The van der Waals surface area contributed by atoms with Crippen molar-refractivity contribution >= 4 is 17.5 Å². The molecule has 0 radical (unpaired) electrons. The van der Waals surface area contributed by atoms with Crippen LogP contribution < -0.4 is 10.6 Å². The number of carbonyl (C=O) groups excluding carboxylic acids is 2. The molecule has 0 unspecified atom stereocenters. The Morgan fingerprint density at radius 2 is 1.58 bits per heavy atom. The number of para-hydroxylation sites is 1. The van der Waals surface area contributed by atoms with Crippen molar-refractivity contribution in [2.45, 2.75) is 40.5 Å². The van der Waals surface area contributed by atoms with Gasteiger partial charge in [-0.15, -0.1) is 0 Å². The maximum absolute atomic E-state index is 12.6. The molecule has 138 valence electrons.